The van der Waals surface area contributed by atoms with Gasteiger partial charge in [0.25, 0.3) is 0 Å². The van der Waals surface area contributed by atoms with Crippen molar-refractivity contribution >= 4 is 21.5 Å². The van der Waals surface area contributed by atoms with E-state index in [-0.39, 0.29) is 4.90 Å². The van der Waals surface area contributed by atoms with Crippen LogP contribution in [0.15, 0.2) is 29.2 Å². The molecule has 0 aliphatic carbocycles. The molecule has 0 aliphatic rings. The van der Waals surface area contributed by atoms with Gasteiger partial charge in [0, 0.05) is 6.26 Å². The quantitative estimate of drug-likeness (QED) is 0.816. The molecule has 0 radical (unpaired) electrons. The minimum absolute atomic E-state index is 0.172. The summed E-state index contributed by atoms with van der Waals surface area (Å²) in [5.74, 6) is -0.414. The van der Waals surface area contributed by atoms with Gasteiger partial charge in [-0.15, -0.1) is 0 Å². The third-order valence-corrected chi connectivity index (χ3v) is 4.24. The molecule has 0 aliphatic heterocycles. The van der Waals surface area contributed by atoms with E-state index in [1.807, 2.05) is 6.92 Å². The molecule has 112 valence electrons. The molecule has 1 aromatic rings. The zero-order valence-corrected chi connectivity index (χ0v) is 13.1. The monoisotopic (exact) mass is 299 g/mol. The van der Waals surface area contributed by atoms with E-state index in [4.69, 9.17) is 4.74 Å². The highest BCUT2D eigenvalue weighted by Gasteiger charge is 2.34. The van der Waals surface area contributed by atoms with Crippen LogP contribution in [0.2, 0.25) is 0 Å². The average molecular weight is 299 g/mol. The first-order valence-electron chi connectivity index (χ1n) is 6.40. The molecule has 0 saturated heterocycles. The molecule has 1 unspecified atom stereocenters. The summed E-state index contributed by atoms with van der Waals surface area (Å²) < 4.78 is 28.4. The Labute approximate surface area is 120 Å². The second-order valence-corrected chi connectivity index (χ2v) is 6.95. The number of benzene rings is 1. The number of hydrogen-bond donors (Lipinski definition) is 1. The topological polar surface area (TPSA) is 72.5 Å². The van der Waals surface area contributed by atoms with Crippen molar-refractivity contribution < 1.29 is 17.9 Å². The Hall–Kier alpha value is -1.56. The smallest absolute Gasteiger partial charge is 0.331 e. The third-order valence-electron chi connectivity index (χ3n) is 3.08. The lowest BCUT2D eigenvalue weighted by Gasteiger charge is -2.29. The first-order chi connectivity index (χ1) is 9.24. The summed E-state index contributed by atoms with van der Waals surface area (Å²) in [5, 5.41) is 3.03. The van der Waals surface area contributed by atoms with Gasteiger partial charge >= 0.3 is 5.97 Å². The molecule has 0 amide bonds. The molecule has 0 saturated carbocycles. The van der Waals surface area contributed by atoms with E-state index < -0.39 is 21.3 Å². The van der Waals surface area contributed by atoms with Crippen LogP contribution in [0.25, 0.3) is 0 Å². The molecule has 0 fully saturated rings. The molecule has 20 heavy (non-hydrogen) atoms. The number of nitrogens with one attached hydrogen (secondary N) is 1. The highest BCUT2D eigenvalue weighted by Crippen LogP contribution is 2.27. The molecular weight excluding hydrogens is 278 g/mol. The second-order valence-electron chi connectivity index (χ2n) is 4.97. The second kappa shape index (κ2) is 6.26. The molecular formula is C14H21NO4S. The number of anilines is 1. The van der Waals surface area contributed by atoms with E-state index in [0.717, 1.165) is 12.7 Å². The van der Waals surface area contributed by atoms with Gasteiger partial charge in [-0.05, 0) is 25.5 Å². The van der Waals surface area contributed by atoms with E-state index in [0.29, 0.717) is 12.1 Å². The van der Waals surface area contributed by atoms with Gasteiger partial charge in [-0.3, -0.25) is 0 Å². The lowest BCUT2D eigenvalue weighted by Crippen LogP contribution is -2.44. The maximum absolute atomic E-state index is 12.0. The number of methoxy groups -OCH3 is 1. The van der Waals surface area contributed by atoms with Crippen LogP contribution in [0.4, 0.5) is 5.69 Å². The molecule has 0 spiro atoms. The number of carbonyl (C=O) groups is 1. The van der Waals surface area contributed by atoms with Gasteiger partial charge in [-0.2, -0.15) is 0 Å². The van der Waals surface area contributed by atoms with E-state index in [2.05, 4.69) is 5.32 Å². The number of para-hydroxylation sites is 1. The van der Waals surface area contributed by atoms with Crippen LogP contribution in [-0.4, -0.2) is 33.3 Å². The molecule has 1 aromatic carbocycles. The molecule has 0 aromatic heterocycles. The van der Waals surface area contributed by atoms with Crippen LogP contribution >= 0.6 is 0 Å². The fraction of sp³-hybridized carbons (Fsp3) is 0.500. The summed E-state index contributed by atoms with van der Waals surface area (Å²) in [6.45, 7) is 3.66. The van der Waals surface area contributed by atoms with Crippen LogP contribution < -0.4 is 5.32 Å². The van der Waals surface area contributed by atoms with Gasteiger partial charge < -0.3 is 10.1 Å². The van der Waals surface area contributed by atoms with Gasteiger partial charge in [-0.1, -0.05) is 25.5 Å². The van der Waals surface area contributed by atoms with Gasteiger partial charge in [0.05, 0.1) is 17.7 Å². The molecule has 0 heterocycles. The van der Waals surface area contributed by atoms with E-state index >= 15 is 0 Å². The Morgan fingerprint density at radius 3 is 2.45 bits per heavy atom. The SMILES string of the molecule is CCCC(C)(Nc1ccccc1S(C)(=O)=O)C(=O)OC. The van der Waals surface area contributed by atoms with Crippen molar-refractivity contribution in [3.8, 4) is 0 Å². The van der Waals surface area contributed by atoms with E-state index in [1.165, 1.54) is 13.2 Å². The summed E-state index contributed by atoms with van der Waals surface area (Å²) in [5.41, 5.74) is -0.541. The Morgan fingerprint density at radius 2 is 1.95 bits per heavy atom. The predicted molar refractivity (Wildman–Crippen MR) is 78.5 cm³/mol. The number of carbonyl (C=O) groups excluding carboxylic acids is 1. The molecule has 6 heteroatoms. The van der Waals surface area contributed by atoms with Crippen molar-refractivity contribution in [3.63, 3.8) is 0 Å². The number of esters is 1. The highest BCUT2D eigenvalue weighted by atomic mass is 32.2. The minimum atomic E-state index is -3.37. The Bertz CT molecular complexity index is 583. The van der Waals surface area contributed by atoms with Crippen LogP contribution in [0.3, 0.4) is 0 Å². The van der Waals surface area contributed by atoms with Crippen LogP contribution in [0, 0.1) is 0 Å². The third kappa shape index (κ3) is 3.72. The van der Waals surface area contributed by atoms with Crippen molar-refractivity contribution in [2.75, 3.05) is 18.7 Å². The van der Waals surface area contributed by atoms with E-state index in [9.17, 15) is 13.2 Å². The normalized spacial score (nSPS) is 14.4. The molecule has 5 nitrogen and oxygen atoms in total. The van der Waals surface area contributed by atoms with Crippen molar-refractivity contribution in [1.82, 2.24) is 0 Å². The van der Waals surface area contributed by atoms with Gasteiger partial charge in [0.1, 0.15) is 5.54 Å². The Balaban J connectivity index is 3.23. The van der Waals surface area contributed by atoms with Crippen LogP contribution in [0.5, 0.6) is 0 Å². The van der Waals surface area contributed by atoms with Crippen molar-refractivity contribution in [2.45, 2.75) is 37.1 Å². The lowest BCUT2D eigenvalue weighted by molar-refractivity contribution is -0.145. The fourth-order valence-electron chi connectivity index (χ4n) is 2.13. The maximum Gasteiger partial charge on any atom is 0.331 e. The number of rotatable bonds is 6. The summed E-state index contributed by atoms with van der Waals surface area (Å²) >= 11 is 0. The molecule has 1 atom stereocenters. The first-order valence-corrected chi connectivity index (χ1v) is 8.29. The predicted octanol–water partition coefficient (Wildman–Crippen LogP) is 2.23. The van der Waals surface area contributed by atoms with Gasteiger partial charge in [0.15, 0.2) is 9.84 Å². The minimum Gasteiger partial charge on any atom is -0.467 e. The summed E-state index contributed by atoms with van der Waals surface area (Å²) in [7, 11) is -2.05. The fourth-order valence-corrected chi connectivity index (χ4v) is 2.98. The van der Waals surface area contributed by atoms with Crippen LogP contribution in [-0.2, 0) is 19.4 Å². The number of sulfone groups is 1. The largest absolute Gasteiger partial charge is 0.467 e. The van der Waals surface area contributed by atoms with Crippen molar-refractivity contribution in [2.24, 2.45) is 0 Å². The number of hydrogen-bond acceptors (Lipinski definition) is 5. The summed E-state index contributed by atoms with van der Waals surface area (Å²) in [6.07, 6.45) is 2.44. The first kappa shape index (κ1) is 16.5. The van der Waals surface area contributed by atoms with Gasteiger partial charge in [-0.25, -0.2) is 13.2 Å². The maximum atomic E-state index is 12.0. The lowest BCUT2D eigenvalue weighted by atomic mass is 9.95. The van der Waals surface area contributed by atoms with E-state index in [1.54, 1.807) is 25.1 Å². The molecule has 1 rings (SSSR count). The van der Waals surface area contributed by atoms with Crippen LogP contribution in [0.1, 0.15) is 26.7 Å². The molecule has 0 bridgehead atoms. The molecule has 1 N–H and O–H groups in total. The summed E-state index contributed by atoms with van der Waals surface area (Å²) in [6, 6.07) is 6.53. The summed E-state index contributed by atoms with van der Waals surface area (Å²) in [4.78, 5) is 12.1. The zero-order valence-electron chi connectivity index (χ0n) is 12.3. The van der Waals surface area contributed by atoms with Gasteiger partial charge in [0.2, 0.25) is 0 Å². The highest BCUT2D eigenvalue weighted by molar-refractivity contribution is 7.90. The Morgan fingerprint density at radius 1 is 1.35 bits per heavy atom. The van der Waals surface area contributed by atoms with Crippen molar-refractivity contribution in [1.29, 1.82) is 0 Å². The standard InChI is InChI=1S/C14H21NO4S/c1-5-10-14(2,13(16)19-3)15-11-8-6-7-9-12(11)20(4,17)18/h6-9,15H,5,10H2,1-4H3. The average Bonchev–Trinajstić information content (AvgIpc) is 2.37. The number of ether oxygens (including phenoxy) is 1. The zero-order chi connectivity index (χ0) is 15.4. The van der Waals surface area contributed by atoms with Crippen molar-refractivity contribution in [3.05, 3.63) is 24.3 Å². The Kier molecular flexibility index (Phi) is 5.16.